The first kappa shape index (κ1) is 17.3. The molecule has 0 spiro atoms. The minimum Gasteiger partial charge on any atom is -0.407 e. The molecule has 2 amide bonds. The summed E-state index contributed by atoms with van der Waals surface area (Å²) in [5, 5.41) is 13.5. The molecule has 7 heteroatoms. The number of halogens is 1. The summed E-state index contributed by atoms with van der Waals surface area (Å²) in [5.41, 5.74) is 1.42. The Morgan fingerprint density at radius 3 is 2.72 bits per heavy atom. The van der Waals surface area contributed by atoms with E-state index in [-0.39, 0.29) is 19.5 Å². The molecule has 0 bridgehead atoms. The molecule has 2 aromatic rings. The van der Waals surface area contributed by atoms with Crippen LogP contribution in [0.25, 0.3) is 0 Å². The zero-order chi connectivity index (χ0) is 17.9. The van der Waals surface area contributed by atoms with Crippen molar-refractivity contribution in [1.29, 1.82) is 0 Å². The third kappa shape index (κ3) is 3.92. The average Bonchev–Trinajstić information content (AvgIpc) is 2.89. The average molecular weight is 361 g/mol. The van der Waals surface area contributed by atoms with Crippen molar-refractivity contribution in [3.05, 3.63) is 65.2 Å². The summed E-state index contributed by atoms with van der Waals surface area (Å²) in [6.07, 6.45) is -0.864. The summed E-state index contributed by atoms with van der Waals surface area (Å²) in [6.45, 7) is 0.437. The smallest absolute Gasteiger partial charge is 0.407 e. The number of nitrogens with one attached hydrogen (secondary N) is 1. The van der Waals surface area contributed by atoms with Crippen molar-refractivity contribution in [2.75, 3.05) is 11.4 Å². The van der Waals surface area contributed by atoms with E-state index >= 15 is 0 Å². The van der Waals surface area contributed by atoms with Gasteiger partial charge in [-0.25, -0.2) is 4.79 Å². The highest BCUT2D eigenvalue weighted by molar-refractivity contribution is 6.30. The number of aliphatic hydroxyl groups is 1. The first-order valence-electron chi connectivity index (χ1n) is 7.79. The fourth-order valence-electron chi connectivity index (χ4n) is 2.64. The number of ether oxygens (including phenoxy) is 1. The lowest BCUT2D eigenvalue weighted by molar-refractivity contribution is -0.175. The SMILES string of the molecule is O=C(NCc1cccc(Cl)c1)O[C@@]1(O)CCN(c2ccccc2)C1=O. The van der Waals surface area contributed by atoms with E-state index in [0.29, 0.717) is 10.7 Å². The van der Waals surface area contributed by atoms with Gasteiger partial charge in [0.25, 0.3) is 11.7 Å². The number of para-hydroxylation sites is 1. The van der Waals surface area contributed by atoms with Gasteiger partial charge >= 0.3 is 6.09 Å². The first-order chi connectivity index (χ1) is 12.0. The Morgan fingerprint density at radius 2 is 2.00 bits per heavy atom. The van der Waals surface area contributed by atoms with Gasteiger partial charge in [0, 0.05) is 30.2 Å². The van der Waals surface area contributed by atoms with Crippen molar-refractivity contribution in [2.24, 2.45) is 0 Å². The molecule has 0 unspecified atom stereocenters. The van der Waals surface area contributed by atoms with E-state index < -0.39 is 17.8 Å². The molecule has 0 radical (unpaired) electrons. The van der Waals surface area contributed by atoms with Gasteiger partial charge in [0.2, 0.25) is 0 Å². The molecule has 2 aromatic carbocycles. The van der Waals surface area contributed by atoms with Crippen LogP contribution in [0.1, 0.15) is 12.0 Å². The Hall–Kier alpha value is -2.57. The normalized spacial score (nSPS) is 19.8. The molecule has 3 rings (SSSR count). The first-order valence-corrected chi connectivity index (χ1v) is 8.16. The Kier molecular flexibility index (Phi) is 4.92. The summed E-state index contributed by atoms with van der Waals surface area (Å²) in [5.74, 6) is -2.81. The summed E-state index contributed by atoms with van der Waals surface area (Å²) in [4.78, 5) is 25.8. The fraction of sp³-hybridized carbons (Fsp3) is 0.222. The van der Waals surface area contributed by atoms with Gasteiger partial charge in [-0.2, -0.15) is 0 Å². The van der Waals surface area contributed by atoms with Gasteiger partial charge in [-0.1, -0.05) is 41.9 Å². The van der Waals surface area contributed by atoms with E-state index in [1.54, 1.807) is 48.5 Å². The Labute approximate surface area is 150 Å². The molecule has 25 heavy (non-hydrogen) atoms. The molecule has 1 saturated heterocycles. The third-order valence-corrected chi connectivity index (χ3v) is 4.14. The predicted molar refractivity (Wildman–Crippen MR) is 93.1 cm³/mol. The number of benzene rings is 2. The maximum Gasteiger partial charge on any atom is 0.410 e. The van der Waals surface area contributed by atoms with Crippen LogP contribution in [0, 0.1) is 0 Å². The zero-order valence-electron chi connectivity index (χ0n) is 13.3. The van der Waals surface area contributed by atoms with Crippen LogP contribution in [0.15, 0.2) is 54.6 Å². The fourth-order valence-corrected chi connectivity index (χ4v) is 2.86. The Morgan fingerprint density at radius 1 is 1.24 bits per heavy atom. The highest BCUT2D eigenvalue weighted by Crippen LogP contribution is 2.29. The second-order valence-electron chi connectivity index (χ2n) is 5.70. The molecule has 2 N–H and O–H groups in total. The molecular formula is C18H17ClN2O4. The van der Waals surface area contributed by atoms with Crippen LogP contribution in [0.4, 0.5) is 10.5 Å². The van der Waals surface area contributed by atoms with E-state index in [0.717, 1.165) is 5.56 Å². The lowest BCUT2D eigenvalue weighted by atomic mass is 10.2. The topological polar surface area (TPSA) is 78.9 Å². The molecule has 130 valence electrons. The largest absolute Gasteiger partial charge is 0.410 e. The molecular weight excluding hydrogens is 344 g/mol. The summed E-state index contributed by atoms with van der Waals surface area (Å²) >= 11 is 5.88. The highest BCUT2D eigenvalue weighted by Gasteiger charge is 2.49. The second kappa shape index (κ2) is 7.13. The number of hydrogen-bond acceptors (Lipinski definition) is 4. The molecule has 0 aromatic heterocycles. The van der Waals surface area contributed by atoms with Gasteiger partial charge in [-0.15, -0.1) is 0 Å². The Bertz CT molecular complexity index is 784. The summed E-state index contributed by atoms with van der Waals surface area (Å²) in [7, 11) is 0. The van der Waals surface area contributed by atoms with Gasteiger partial charge in [0.15, 0.2) is 0 Å². The van der Waals surface area contributed by atoms with Crippen LogP contribution in [-0.4, -0.2) is 29.4 Å². The number of anilines is 1. The molecule has 1 heterocycles. The molecule has 1 aliphatic rings. The number of carbonyl (C=O) groups is 2. The van der Waals surface area contributed by atoms with Crippen molar-refractivity contribution in [3.63, 3.8) is 0 Å². The minimum absolute atomic E-state index is 0.00527. The van der Waals surface area contributed by atoms with Gasteiger partial charge in [0.1, 0.15) is 0 Å². The molecule has 0 aliphatic carbocycles. The van der Waals surface area contributed by atoms with E-state index in [1.807, 2.05) is 6.07 Å². The predicted octanol–water partition coefficient (Wildman–Crippen LogP) is 2.69. The van der Waals surface area contributed by atoms with Crippen molar-refractivity contribution in [2.45, 2.75) is 18.8 Å². The maximum absolute atomic E-state index is 12.4. The van der Waals surface area contributed by atoms with E-state index in [1.165, 1.54) is 4.90 Å². The second-order valence-corrected chi connectivity index (χ2v) is 6.14. The molecule has 1 aliphatic heterocycles. The van der Waals surface area contributed by atoms with Crippen molar-refractivity contribution in [1.82, 2.24) is 5.32 Å². The molecule has 0 saturated carbocycles. The van der Waals surface area contributed by atoms with Crippen molar-refractivity contribution in [3.8, 4) is 0 Å². The number of hydrogen-bond donors (Lipinski definition) is 2. The number of amides is 2. The molecule has 1 atom stereocenters. The Balaban J connectivity index is 1.60. The van der Waals surface area contributed by atoms with Gasteiger partial charge in [-0.3, -0.25) is 4.79 Å². The lowest BCUT2D eigenvalue weighted by Gasteiger charge is -2.22. The van der Waals surface area contributed by atoms with E-state index in [9.17, 15) is 14.7 Å². The summed E-state index contributed by atoms with van der Waals surface area (Å²) < 4.78 is 5.00. The number of alkyl carbamates (subject to hydrolysis) is 1. The monoisotopic (exact) mass is 360 g/mol. The highest BCUT2D eigenvalue weighted by atomic mass is 35.5. The van der Waals surface area contributed by atoms with Crippen LogP contribution >= 0.6 is 11.6 Å². The molecule has 6 nitrogen and oxygen atoms in total. The zero-order valence-corrected chi connectivity index (χ0v) is 14.1. The molecule has 1 fully saturated rings. The van der Waals surface area contributed by atoms with Crippen LogP contribution < -0.4 is 10.2 Å². The van der Waals surface area contributed by atoms with Crippen LogP contribution in [0.3, 0.4) is 0 Å². The maximum atomic E-state index is 12.4. The van der Waals surface area contributed by atoms with Crippen LogP contribution in [0.2, 0.25) is 5.02 Å². The van der Waals surface area contributed by atoms with Crippen molar-refractivity contribution < 1.29 is 19.4 Å². The van der Waals surface area contributed by atoms with Gasteiger partial charge in [0.05, 0.1) is 0 Å². The minimum atomic E-state index is -2.16. The van der Waals surface area contributed by atoms with Crippen LogP contribution in [-0.2, 0) is 16.1 Å². The number of carbonyl (C=O) groups excluding carboxylic acids is 2. The lowest BCUT2D eigenvalue weighted by Crippen LogP contribution is -2.46. The van der Waals surface area contributed by atoms with Gasteiger partial charge in [-0.05, 0) is 29.8 Å². The van der Waals surface area contributed by atoms with E-state index in [4.69, 9.17) is 16.3 Å². The van der Waals surface area contributed by atoms with Crippen molar-refractivity contribution >= 4 is 29.3 Å². The van der Waals surface area contributed by atoms with Crippen LogP contribution in [0.5, 0.6) is 0 Å². The standard InChI is InChI=1S/C18H17ClN2O4/c19-14-6-4-5-13(11-14)12-20-17(23)25-18(24)9-10-21(16(18)22)15-7-2-1-3-8-15/h1-8,11,24H,9-10,12H2,(H,20,23)/t18-/m0/s1. The van der Waals surface area contributed by atoms with E-state index in [2.05, 4.69) is 5.32 Å². The quantitative estimate of drug-likeness (QED) is 0.822. The third-order valence-electron chi connectivity index (χ3n) is 3.91. The number of rotatable bonds is 4. The van der Waals surface area contributed by atoms with Gasteiger partial charge < -0.3 is 20.1 Å². The summed E-state index contributed by atoms with van der Waals surface area (Å²) in [6, 6.07) is 15.9. The number of nitrogens with zero attached hydrogens (tertiary/aromatic N) is 1.